The van der Waals surface area contributed by atoms with E-state index in [0.29, 0.717) is 0 Å². The van der Waals surface area contributed by atoms with Gasteiger partial charge < -0.3 is 0 Å². The van der Waals surface area contributed by atoms with Crippen LogP contribution in [0.25, 0.3) is 0 Å². The van der Waals surface area contributed by atoms with Crippen LogP contribution >= 0.6 is 0 Å². The van der Waals surface area contributed by atoms with Gasteiger partial charge in [0.1, 0.15) is 0 Å². The lowest BCUT2D eigenvalue weighted by Crippen LogP contribution is -2.19. The van der Waals surface area contributed by atoms with Crippen molar-refractivity contribution in [3.05, 3.63) is 12.7 Å². The normalized spacial score (nSPS) is 38.5. The molecule has 0 nitrogen and oxygen atoms in total. The van der Waals surface area contributed by atoms with Crippen LogP contribution in [0.1, 0.15) is 39.5 Å². The van der Waals surface area contributed by atoms with Gasteiger partial charge in [-0.2, -0.15) is 0 Å². The maximum absolute atomic E-state index is 3.89. The number of rotatable bonds is 2. The highest BCUT2D eigenvalue weighted by Crippen LogP contribution is 2.34. The highest BCUT2D eigenvalue weighted by atomic mass is 14.3. The number of allylic oxidation sites excluding steroid dienone is 1. The molecule has 0 aromatic heterocycles. The second-order valence-electron chi connectivity index (χ2n) is 4.08. The Morgan fingerprint density at radius 3 is 2.64 bits per heavy atom. The van der Waals surface area contributed by atoms with Crippen LogP contribution in [0.4, 0.5) is 0 Å². The summed E-state index contributed by atoms with van der Waals surface area (Å²) in [5.74, 6) is 2.71. The first kappa shape index (κ1) is 8.83. The van der Waals surface area contributed by atoms with Crippen LogP contribution in [0.2, 0.25) is 0 Å². The zero-order valence-corrected chi connectivity index (χ0v) is 7.84. The van der Waals surface area contributed by atoms with E-state index in [0.717, 1.165) is 17.8 Å². The summed E-state index contributed by atoms with van der Waals surface area (Å²) in [6.07, 6.45) is 7.72. The van der Waals surface area contributed by atoms with Crippen LogP contribution < -0.4 is 0 Å². The first-order valence-corrected chi connectivity index (χ1v) is 4.88. The van der Waals surface area contributed by atoms with Crippen molar-refractivity contribution in [3.8, 4) is 0 Å². The molecule has 0 saturated heterocycles. The minimum Gasteiger partial charge on any atom is -0.103 e. The van der Waals surface area contributed by atoms with E-state index < -0.39 is 0 Å². The van der Waals surface area contributed by atoms with Crippen LogP contribution in [0.3, 0.4) is 0 Å². The molecule has 0 spiro atoms. The van der Waals surface area contributed by atoms with Gasteiger partial charge in [-0.15, -0.1) is 6.58 Å². The highest BCUT2D eigenvalue weighted by molar-refractivity contribution is 4.86. The van der Waals surface area contributed by atoms with Gasteiger partial charge in [-0.05, 0) is 37.0 Å². The summed E-state index contributed by atoms with van der Waals surface area (Å²) >= 11 is 0. The average molecular weight is 152 g/mol. The van der Waals surface area contributed by atoms with Crippen molar-refractivity contribution in [2.75, 3.05) is 0 Å². The molecule has 11 heavy (non-hydrogen) atoms. The lowest BCUT2D eigenvalue weighted by molar-refractivity contribution is 0.232. The van der Waals surface area contributed by atoms with E-state index in [4.69, 9.17) is 0 Å². The highest BCUT2D eigenvalue weighted by Gasteiger charge is 2.23. The Labute approximate surface area is 70.7 Å². The Balaban J connectivity index is 2.43. The van der Waals surface area contributed by atoms with Gasteiger partial charge in [0.05, 0.1) is 0 Å². The lowest BCUT2D eigenvalue weighted by Gasteiger charge is -2.31. The Hall–Kier alpha value is -0.260. The van der Waals surface area contributed by atoms with Crippen LogP contribution in [0, 0.1) is 17.8 Å². The standard InChI is InChI=1S/C11H20/c1-4-10-6-9(3)7-11(5-2)8-10/h4,9-11H,1,5-8H2,2-3H3. The minimum atomic E-state index is 0.809. The summed E-state index contributed by atoms with van der Waals surface area (Å²) in [6.45, 7) is 8.57. The molecule has 1 aliphatic rings. The second kappa shape index (κ2) is 3.94. The first-order valence-electron chi connectivity index (χ1n) is 4.88. The van der Waals surface area contributed by atoms with Crippen LogP contribution in [-0.2, 0) is 0 Å². The molecule has 0 amide bonds. The average Bonchev–Trinajstić information content (AvgIpc) is 2.03. The third-order valence-corrected chi connectivity index (χ3v) is 2.99. The smallest absolute Gasteiger partial charge is 0.0231 e. The van der Waals surface area contributed by atoms with Gasteiger partial charge in [0.2, 0.25) is 0 Å². The molecular weight excluding hydrogens is 132 g/mol. The Morgan fingerprint density at radius 1 is 1.36 bits per heavy atom. The van der Waals surface area contributed by atoms with E-state index in [1.54, 1.807) is 0 Å². The molecule has 0 aliphatic heterocycles. The van der Waals surface area contributed by atoms with Gasteiger partial charge >= 0.3 is 0 Å². The molecule has 0 aromatic carbocycles. The second-order valence-corrected chi connectivity index (χ2v) is 4.08. The monoisotopic (exact) mass is 152 g/mol. The molecule has 0 aromatic rings. The van der Waals surface area contributed by atoms with E-state index in [-0.39, 0.29) is 0 Å². The van der Waals surface area contributed by atoms with Gasteiger partial charge in [0.15, 0.2) is 0 Å². The topological polar surface area (TPSA) is 0 Å². The molecule has 1 saturated carbocycles. The fraction of sp³-hybridized carbons (Fsp3) is 0.818. The van der Waals surface area contributed by atoms with E-state index in [1.165, 1.54) is 25.7 Å². The molecule has 0 heteroatoms. The van der Waals surface area contributed by atoms with Crippen molar-refractivity contribution in [2.45, 2.75) is 39.5 Å². The molecule has 0 bridgehead atoms. The minimum absolute atomic E-state index is 0.809. The van der Waals surface area contributed by atoms with E-state index in [1.807, 2.05) is 0 Å². The van der Waals surface area contributed by atoms with E-state index in [2.05, 4.69) is 26.5 Å². The Morgan fingerprint density at radius 2 is 2.09 bits per heavy atom. The predicted octanol–water partition coefficient (Wildman–Crippen LogP) is 3.63. The first-order chi connectivity index (χ1) is 5.26. The molecule has 1 aliphatic carbocycles. The fourth-order valence-electron chi connectivity index (χ4n) is 2.33. The lowest BCUT2D eigenvalue weighted by atomic mass is 9.75. The van der Waals surface area contributed by atoms with Crippen molar-refractivity contribution in [2.24, 2.45) is 17.8 Å². The van der Waals surface area contributed by atoms with Crippen LogP contribution in [0.15, 0.2) is 12.7 Å². The summed E-state index contributed by atoms with van der Waals surface area (Å²) in [4.78, 5) is 0. The third kappa shape index (κ3) is 2.36. The van der Waals surface area contributed by atoms with Gasteiger partial charge in [-0.25, -0.2) is 0 Å². The van der Waals surface area contributed by atoms with Crippen molar-refractivity contribution < 1.29 is 0 Å². The molecule has 3 atom stereocenters. The summed E-state index contributed by atoms with van der Waals surface area (Å²) in [5, 5.41) is 0. The van der Waals surface area contributed by atoms with Crippen molar-refractivity contribution >= 4 is 0 Å². The predicted molar refractivity (Wildman–Crippen MR) is 50.5 cm³/mol. The molecule has 0 heterocycles. The zero-order valence-electron chi connectivity index (χ0n) is 7.84. The summed E-state index contributed by atoms with van der Waals surface area (Å²) in [7, 11) is 0. The van der Waals surface area contributed by atoms with Crippen molar-refractivity contribution in [1.82, 2.24) is 0 Å². The van der Waals surface area contributed by atoms with Gasteiger partial charge in [0, 0.05) is 0 Å². The van der Waals surface area contributed by atoms with Crippen LogP contribution in [-0.4, -0.2) is 0 Å². The van der Waals surface area contributed by atoms with Crippen molar-refractivity contribution in [3.63, 3.8) is 0 Å². The Bertz CT molecular complexity index is 126. The molecule has 64 valence electrons. The molecule has 1 fully saturated rings. The van der Waals surface area contributed by atoms with Gasteiger partial charge in [-0.3, -0.25) is 0 Å². The molecule has 1 rings (SSSR count). The maximum atomic E-state index is 3.89. The quantitative estimate of drug-likeness (QED) is 0.530. The van der Waals surface area contributed by atoms with Gasteiger partial charge in [-0.1, -0.05) is 26.3 Å². The van der Waals surface area contributed by atoms with Crippen molar-refractivity contribution in [1.29, 1.82) is 0 Å². The zero-order chi connectivity index (χ0) is 8.27. The van der Waals surface area contributed by atoms with Gasteiger partial charge in [0.25, 0.3) is 0 Å². The third-order valence-electron chi connectivity index (χ3n) is 2.99. The van der Waals surface area contributed by atoms with Crippen LogP contribution in [0.5, 0.6) is 0 Å². The molecule has 0 radical (unpaired) electrons. The maximum Gasteiger partial charge on any atom is -0.0231 e. The Kier molecular flexibility index (Phi) is 3.16. The summed E-state index contributed by atoms with van der Waals surface area (Å²) in [6, 6.07) is 0. The number of hydrogen-bond acceptors (Lipinski definition) is 0. The largest absolute Gasteiger partial charge is 0.103 e. The fourth-order valence-corrected chi connectivity index (χ4v) is 2.33. The van der Waals surface area contributed by atoms with E-state index in [9.17, 15) is 0 Å². The molecule has 3 unspecified atom stereocenters. The number of hydrogen-bond donors (Lipinski definition) is 0. The molecular formula is C11H20. The SMILES string of the molecule is C=CC1CC(C)CC(CC)C1. The van der Waals surface area contributed by atoms with E-state index >= 15 is 0 Å². The molecule has 0 N–H and O–H groups in total. The summed E-state index contributed by atoms with van der Waals surface area (Å²) in [5.41, 5.74) is 0. The summed E-state index contributed by atoms with van der Waals surface area (Å²) < 4.78 is 0.